The number of aromatic hydroxyl groups is 1. The predicted octanol–water partition coefficient (Wildman–Crippen LogP) is 12.8. The number of rotatable bonds is 9. The fraction of sp³-hybridized carbons (Fsp3) is 0.217. The van der Waals surface area contributed by atoms with Crippen LogP contribution in [0.15, 0.2) is 97.1 Å². The minimum Gasteiger partial charge on any atom is -0.507 e. The first-order valence-corrected chi connectivity index (χ1v) is 20.1. The minimum absolute atomic E-state index is 0.324. The van der Waals surface area contributed by atoms with Crippen LogP contribution < -0.4 is 22.6 Å². The quantitative estimate of drug-likeness (QED) is 0.148. The van der Waals surface area contributed by atoms with Gasteiger partial charge >= 0.3 is 8.60 Å². The Labute approximate surface area is 322 Å². The minimum atomic E-state index is -1.90. The molecule has 0 saturated heterocycles. The molecule has 6 nitrogen and oxygen atoms in total. The van der Waals surface area contributed by atoms with Crippen molar-refractivity contribution in [1.29, 1.82) is 0 Å². The lowest BCUT2D eigenvalue weighted by molar-refractivity contribution is 0.379. The van der Waals surface area contributed by atoms with E-state index < -0.39 is 8.60 Å². The van der Waals surface area contributed by atoms with E-state index >= 15 is 0 Å². The van der Waals surface area contributed by atoms with E-state index in [0.29, 0.717) is 23.7 Å². The van der Waals surface area contributed by atoms with E-state index in [2.05, 4.69) is 77.1 Å². The van der Waals surface area contributed by atoms with Crippen molar-refractivity contribution in [2.75, 3.05) is 0 Å². The van der Waals surface area contributed by atoms with Crippen LogP contribution in [0.4, 0.5) is 0 Å². The molecule has 1 heterocycles. The zero-order valence-corrected chi connectivity index (χ0v) is 34.0. The van der Waals surface area contributed by atoms with Crippen molar-refractivity contribution < 1.29 is 27.7 Å². The zero-order chi connectivity index (χ0) is 38.1. The number of benzene rings is 6. The van der Waals surface area contributed by atoms with Gasteiger partial charge in [-0.2, -0.15) is 0 Å². The fourth-order valence-corrected chi connectivity index (χ4v) is 8.87. The Morgan fingerprint density at radius 1 is 0.537 bits per heavy atom. The van der Waals surface area contributed by atoms with Crippen molar-refractivity contribution in [2.24, 2.45) is 0 Å². The molecular weight excluding hydrogens is 710 g/mol. The second-order valence-electron chi connectivity index (χ2n) is 14.2. The highest BCUT2D eigenvalue weighted by Crippen LogP contribution is 2.52. The van der Waals surface area contributed by atoms with Gasteiger partial charge < -0.3 is 27.7 Å². The molecule has 54 heavy (non-hydrogen) atoms. The van der Waals surface area contributed by atoms with Gasteiger partial charge in [0.15, 0.2) is 0 Å². The summed E-state index contributed by atoms with van der Waals surface area (Å²) in [7, 11) is -2.22. The van der Waals surface area contributed by atoms with Crippen LogP contribution in [-0.4, -0.2) is 5.11 Å². The summed E-state index contributed by atoms with van der Waals surface area (Å²) >= 11 is 0. The van der Waals surface area contributed by atoms with Gasteiger partial charge in [0.2, 0.25) is 0 Å². The van der Waals surface area contributed by atoms with Crippen LogP contribution in [0.5, 0.6) is 34.5 Å². The number of fused-ring (bicyclic) bond motifs is 2. The van der Waals surface area contributed by atoms with Crippen molar-refractivity contribution in [2.45, 2.75) is 68.2 Å². The van der Waals surface area contributed by atoms with Gasteiger partial charge in [0.05, 0.1) is 0 Å². The number of phenolic OH excluding ortho intramolecular Hbond substituents is 1. The Kier molecular flexibility index (Phi) is 10.9. The molecule has 1 unspecified atom stereocenters. The lowest BCUT2D eigenvalue weighted by Crippen LogP contribution is -2.12. The molecule has 0 spiro atoms. The van der Waals surface area contributed by atoms with Gasteiger partial charge in [0, 0.05) is 46.2 Å². The molecule has 0 amide bonds. The van der Waals surface area contributed by atoms with E-state index in [4.69, 9.17) is 22.6 Å². The molecular formula is C46H46O6P2. The van der Waals surface area contributed by atoms with Crippen LogP contribution in [-0.2, 0) is 12.8 Å². The Balaban J connectivity index is 1.17. The topological polar surface area (TPSA) is 66.4 Å². The van der Waals surface area contributed by atoms with Crippen LogP contribution in [0.3, 0.4) is 0 Å². The molecule has 6 aromatic rings. The third-order valence-electron chi connectivity index (χ3n) is 10.4. The molecule has 0 radical (unpaired) electrons. The monoisotopic (exact) mass is 756 g/mol. The molecule has 6 aromatic carbocycles. The molecule has 0 aliphatic carbocycles. The second-order valence-corrected chi connectivity index (χ2v) is 15.7. The SMILES string of the molecule is Cc1ccc(C)c(Cc2c(C)ccc(C)c2OPOc2ccccc2-c2ccccc2OP2Oc3c(C)ccc(C)c3Cc3c(C)ccc(C)c3O2)c1O. The van der Waals surface area contributed by atoms with E-state index in [-0.39, 0.29) is 9.03 Å². The van der Waals surface area contributed by atoms with Gasteiger partial charge in [-0.25, -0.2) is 0 Å². The maximum Gasteiger partial charge on any atom is 0.530 e. The molecule has 0 saturated carbocycles. The standard InChI is InChI=1S/C46H46O6P2/c1-27-17-21-31(5)43(47)37(27)25-38-28(2)18-22-32(6)44(38)49-53-48-41-15-11-9-13-35(41)36-14-10-12-16-42(36)50-54-51-45-33(7)23-19-29(3)39(45)26-40-30(4)20-24-34(8)46(40)52-54/h9-24,47,53H,25-26H2,1-8H3. The number of hydrogen-bond acceptors (Lipinski definition) is 6. The maximum atomic E-state index is 11.0. The van der Waals surface area contributed by atoms with E-state index in [1.165, 1.54) is 11.1 Å². The molecule has 276 valence electrons. The van der Waals surface area contributed by atoms with Gasteiger partial charge in [0.1, 0.15) is 34.5 Å². The Morgan fingerprint density at radius 2 is 1.02 bits per heavy atom. The summed E-state index contributed by atoms with van der Waals surface area (Å²) in [6.07, 6.45) is 1.27. The summed E-state index contributed by atoms with van der Waals surface area (Å²) in [6, 6.07) is 32.5. The van der Waals surface area contributed by atoms with Crippen LogP contribution >= 0.6 is 17.6 Å². The number of aryl methyl sites for hydroxylation is 8. The summed E-state index contributed by atoms with van der Waals surface area (Å²) in [5, 5.41) is 11.0. The van der Waals surface area contributed by atoms with Crippen LogP contribution in [0.25, 0.3) is 11.1 Å². The van der Waals surface area contributed by atoms with Gasteiger partial charge in [-0.05, 0) is 112 Å². The van der Waals surface area contributed by atoms with Crippen LogP contribution in [0.1, 0.15) is 66.8 Å². The summed E-state index contributed by atoms with van der Waals surface area (Å²) in [5.41, 5.74) is 14.3. The number of para-hydroxylation sites is 2. The summed E-state index contributed by atoms with van der Waals surface area (Å²) in [5.74, 6) is 4.00. The number of phenols is 1. The Hall–Kier alpha value is -5.02. The first kappa shape index (κ1) is 37.3. The van der Waals surface area contributed by atoms with E-state index in [1.54, 1.807) is 0 Å². The first-order valence-electron chi connectivity index (χ1n) is 18.2. The van der Waals surface area contributed by atoms with Crippen molar-refractivity contribution in [3.05, 3.63) is 164 Å². The smallest absolute Gasteiger partial charge is 0.507 e. The van der Waals surface area contributed by atoms with Crippen LogP contribution in [0, 0.1) is 55.4 Å². The molecule has 7 rings (SSSR count). The van der Waals surface area contributed by atoms with Gasteiger partial charge in [-0.1, -0.05) is 84.9 Å². The molecule has 0 bridgehead atoms. The van der Waals surface area contributed by atoms with E-state index in [0.717, 1.165) is 90.4 Å². The highest BCUT2D eigenvalue weighted by molar-refractivity contribution is 7.43. The molecule has 1 aliphatic heterocycles. The van der Waals surface area contributed by atoms with Crippen molar-refractivity contribution in [3.8, 4) is 45.6 Å². The summed E-state index contributed by atoms with van der Waals surface area (Å²) < 4.78 is 33.0. The van der Waals surface area contributed by atoms with Crippen LogP contribution in [0.2, 0.25) is 0 Å². The molecule has 1 atom stereocenters. The average Bonchev–Trinajstić information content (AvgIpc) is 3.15. The Morgan fingerprint density at radius 3 is 1.65 bits per heavy atom. The molecule has 1 N–H and O–H groups in total. The largest absolute Gasteiger partial charge is 0.530 e. The van der Waals surface area contributed by atoms with Crippen molar-refractivity contribution in [1.82, 2.24) is 0 Å². The highest BCUT2D eigenvalue weighted by Gasteiger charge is 2.30. The third-order valence-corrected chi connectivity index (χ3v) is 12.0. The third kappa shape index (κ3) is 7.51. The summed E-state index contributed by atoms with van der Waals surface area (Å²) in [4.78, 5) is 0. The molecule has 0 aromatic heterocycles. The predicted molar refractivity (Wildman–Crippen MR) is 221 cm³/mol. The van der Waals surface area contributed by atoms with Gasteiger partial charge in [-0.3, -0.25) is 0 Å². The molecule has 0 fully saturated rings. The fourth-order valence-electron chi connectivity index (χ4n) is 6.96. The van der Waals surface area contributed by atoms with Gasteiger partial charge in [-0.15, -0.1) is 0 Å². The van der Waals surface area contributed by atoms with Crippen molar-refractivity contribution in [3.63, 3.8) is 0 Å². The summed E-state index contributed by atoms with van der Waals surface area (Å²) in [6.45, 7) is 16.5. The Bertz CT molecular complexity index is 2310. The van der Waals surface area contributed by atoms with Crippen molar-refractivity contribution >= 4 is 17.6 Å². The normalized spacial score (nSPS) is 12.7. The first-order chi connectivity index (χ1) is 26.0. The lowest BCUT2D eigenvalue weighted by Gasteiger charge is -2.27. The molecule has 1 aliphatic rings. The van der Waals surface area contributed by atoms with E-state index in [1.807, 2.05) is 75.4 Å². The van der Waals surface area contributed by atoms with Gasteiger partial charge in [0.25, 0.3) is 9.03 Å². The molecule has 8 heteroatoms. The zero-order valence-electron chi connectivity index (χ0n) is 32.1. The highest BCUT2D eigenvalue weighted by atomic mass is 31.2. The average molecular weight is 757 g/mol. The maximum absolute atomic E-state index is 11.0. The second kappa shape index (κ2) is 15.8. The lowest BCUT2D eigenvalue weighted by atomic mass is 9.93. The van der Waals surface area contributed by atoms with E-state index in [9.17, 15) is 5.11 Å². The number of hydrogen-bond donors (Lipinski definition) is 1.